The van der Waals surface area contributed by atoms with E-state index in [1.165, 1.54) is 18.3 Å². The van der Waals surface area contributed by atoms with E-state index in [0.717, 1.165) is 10.6 Å². The van der Waals surface area contributed by atoms with E-state index in [1.54, 1.807) is 24.3 Å². The summed E-state index contributed by atoms with van der Waals surface area (Å²) in [5, 5.41) is 12.8. The van der Waals surface area contributed by atoms with Crippen LogP contribution in [-0.4, -0.2) is 28.1 Å². The minimum atomic E-state index is -0.951. The van der Waals surface area contributed by atoms with Crippen LogP contribution in [0.4, 0.5) is 5.88 Å². The van der Waals surface area contributed by atoms with Crippen LogP contribution in [0.25, 0.3) is 10.6 Å². The Morgan fingerprint density at radius 2 is 2.24 bits per heavy atom. The number of thiophene rings is 1. The maximum absolute atomic E-state index is 12.0. The number of thiazole rings is 1. The normalized spacial score (nSPS) is 11.9. The van der Waals surface area contributed by atoms with Gasteiger partial charge in [-0.15, -0.1) is 11.3 Å². The first-order chi connectivity index (χ1) is 12.0. The van der Waals surface area contributed by atoms with Gasteiger partial charge in [0.05, 0.1) is 17.8 Å². The smallest absolute Gasteiger partial charge is 0.312 e. The second-order valence-corrected chi connectivity index (χ2v) is 6.92. The largest absolute Gasteiger partial charge is 0.452 e. The average molecular weight is 377 g/mol. The average Bonchev–Trinajstić information content (AvgIpc) is 3.28. The van der Waals surface area contributed by atoms with E-state index in [9.17, 15) is 9.59 Å². The number of aryl methyl sites for hydroxylation is 1. The lowest BCUT2D eigenvalue weighted by Crippen LogP contribution is -2.30. The summed E-state index contributed by atoms with van der Waals surface area (Å²) in [4.78, 5) is 28.4. The van der Waals surface area contributed by atoms with Gasteiger partial charge >= 0.3 is 5.97 Å². The van der Waals surface area contributed by atoms with Gasteiger partial charge in [-0.05, 0) is 25.3 Å². The zero-order valence-corrected chi connectivity index (χ0v) is 15.1. The topological polar surface area (TPSA) is 94.3 Å². The van der Waals surface area contributed by atoms with Crippen molar-refractivity contribution in [2.75, 3.05) is 5.32 Å². The third kappa shape index (κ3) is 4.52. The van der Waals surface area contributed by atoms with Gasteiger partial charge in [0.1, 0.15) is 5.01 Å². The Labute approximate surface area is 151 Å². The highest BCUT2D eigenvalue weighted by atomic mass is 32.1. The van der Waals surface area contributed by atoms with Gasteiger partial charge in [-0.2, -0.15) is 11.3 Å². The summed E-state index contributed by atoms with van der Waals surface area (Å²) in [5.74, 6) is -0.786. The number of carbonyl (C=O) groups excluding carboxylic acids is 2. The summed E-state index contributed by atoms with van der Waals surface area (Å²) >= 11 is 3.06. The molecule has 0 aliphatic heterocycles. The molecule has 3 aromatic rings. The van der Waals surface area contributed by atoms with Gasteiger partial charge in [-0.1, -0.05) is 5.16 Å². The lowest BCUT2D eigenvalue weighted by Gasteiger charge is -2.11. The molecule has 0 fully saturated rings. The van der Waals surface area contributed by atoms with Crippen molar-refractivity contribution < 1.29 is 18.8 Å². The highest BCUT2D eigenvalue weighted by molar-refractivity contribution is 7.14. The van der Waals surface area contributed by atoms with Crippen molar-refractivity contribution in [3.8, 4) is 10.6 Å². The third-order valence-corrected chi connectivity index (χ3v) is 4.82. The molecule has 0 aliphatic carbocycles. The fraction of sp³-hybridized carbons (Fsp3) is 0.250. The molecule has 25 heavy (non-hydrogen) atoms. The summed E-state index contributed by atoms with van der Waals surface area (Å²) < 4.78 is 10.0. The van der Waals surface area contributed by atoms with Crippen LogP contribution < -0.4 is 5.32 Å². The number of nitrogens with one attached hydrogen (secondary N) is 1. The van der Waals surface area contributed by atoms with Crippen LogP contribution in [0.2, 0.25) is 0 Å². The van der Waals surface area contributed by atoms with E-state index in [0.29, 0.717) is 11.4 Å². The van der Waals surface area contributed by atoms with E-state index in [2.05, 4.69) is 15.5 Å². The first kappa shape index (κ1) is 17.3. The van der Waals surface area contributed by atoms with Crippen molar-refractivity contribution in [3.63, 3.8) is 0 Å². The van der Waals surface area contributed by atoms with E-state index in [-0.39, 0.29) is 12.3 Å². The molecule has 0 aromatic carbocycles. The quantitative estimate of drug-likeness (QED) is 0.663. The molecule has 3 heterocycles. The molecule has 9 heteroatoms. The molecule has 1 amide bonds. The van der Waals surface area contributed by atoms with E-state index in [4.69, 9.17) is 9.26 Å². The monoisotopic (exact) mass is 377 g/mol. The van der Waals surface area contributed by atoms with E-state index >= 15 is 0 Å². The molecular formula is C16H15N3O4S2. The van der Waals surface area contributed by atoms with Crippen molar-refractivity contribution in [2.24, 2.45) is 0 Å². The number of amides is 1. The predicted molar refractivity (Wildman–Crippen MR) is 94.6 cm³/mol. The lowest BCUT2D eigenvalue weighted by atomic mass is 10.3. The Balaban J connectivity index is 1.52. The minimum Gasteiger partial charge on any atom is -0.452 e. The van der Waals surface area contributed by atoms with Crippen molar-refractivity contribution in [1.29, 1.82) is 0 Å². The number of ether oxygens (including phenoxy) is 1. The number of carbonyl (C=O) groups is 2. The number of hydrogen-bond donors (Lipinski definition) is 1. The molecule has 1 atom stereocenters. The molecule has 0 saturated carbocycles. The number of aromatic nitrogens is 2. The van der Waals surface area contributed by atoms with Crippen LogP contribution in [0.1, 0.15) is 18.3 Å². The van der Waals surface area contributed by atoms with Crippen molar-refractivity contribution in [2.45, 2.75) is 26.4 Å². The molecule has 0 saturated heterocycles. The Kier molecular flexibility index (Phi) is 5.25. The molecule has 0 aliphatic rings. The molecule has 7 nitrogen and oxygen atoms in total. The lowest BCUT2D eigenvalue weighted by molar-refractivity contribution is -0.152. The van der Waals surface area contributed by atoms with Gasteiger partial charge in [0.2, 0.25) is 5.88 Å². The molecule has 0 bridgehead atoms. The summed E-state index contributed by atoms with van der Waals surface area (Å²) in [6, 6.07) is 3.55. The Morgan fingerprint density at radius 1 is 1.40 bits per heavy atom. The summed E-state index contributed by atoms with van der Waals surface area (Å²) in [6.45, 7) is 3.23. The number of rotatable bonds is 6. The number of hydrogen-bond acceptors (Lipinski definition) is 8. The van der Waals surface area contributed by atoms with Crippen LogP contribution in [0.3, 0.4) is 0 Å². The van der Waals surface area contributed by atoms with Crippen LogP contribution in [0.15, 0.2) is 32.8 Å². The van der Waals surface area contributed by atoms with Gasteiger partial charge in [0.15, 0.2) is 6.10 Å². The van der Waals surface area contributed by atoms with Crippen molar-refractivity contribution in [3.05, 3.63) is 39.7 Å². The summed E-state index contributed by atoms with van der Waals surface area (Å²) in [7, 11) is 0. The van der Waals surface area contributed by atoms with Crippen LogP contribution in [0.5, 0.6) is 0 Å². The Bertz CT molecular complexity index is 870. The van der Waals surface area contributed by atoms with Crippen LogP contribution >= 0.6 is 22.7 Å². The van der Waals surface area contributed by atoms with Gasteiger partial charge in [-0.25, -0.2) is 4.98 Å². The maximum atomic E-state index is 12.0. The second-order valence-electron chi connectivity index (χ2n) is 5.29. The second kappa shape index (κ2) is 7.58. The maximum Gasteiger partial charge on any atom is 0.312 e. The van der Waals surface area contributed by atoms with E-state index < -0.39 is 18.0 Å². The van der Waals surface area contributed by atoms with E-state index in [1.807, 2.05) is 22.2 Å². The predicted octanol–water partition coefficient (Wildman–Crippen LogP) is 3.28. The number of anilines is 1. The number of esters is 1. The molecule has 1 N–H and O–H groups in total. The van der Waals surface area contributed by atoms with Crippen molar-refractivity contribution >= 4 is 40.4 Å². The fourth-order valence-electron chi connectivity index (χ4n) is 1.99. The zero-order valence-electron chi connectivity index (χ0n) is 13.5. The molecule has 0 spiro atoms. The van der Waals surface area contributed by atoms with Gasteiger partial charge in [-0.3, -0.25) is 14.9 Å². The molecule has 130 valence electrons. The van der Waals surface area contributed by atoms with Gasteiger partial charge < -0.3 is 9.26 Å². The molecule has 0 unspecified atom stereocenters. The fourth-order valence-corrected chi connectivity index (χ4v) is 3.52. The van der Waals surface area contributed by atoms with Crippen molar-refractivity contribution in [1.82, 2.24) is 10.1 Å². The molecule has 3 aromatic heterocycles. The third-order valence-electron chi connectivity index (χ3n) is 3.20. The summed E-state index contributed by atoms with van der Waals surface area (Å²) in [5.41, 5.74) is 2.30. The highest BCUT2D eigenvalue weighted by Crippen LogP contribution is 2.25. The summed E-state index contributed by atoms with van der Waals surface area (Å²) in [6.07, 6.45) is -0.937. The molecule has 3 rings (SSSR count). The van der Waals surface area contributed by atoms with Crippen LogP contribution in [-0.2, 0) is 20.7 Å². The Morgan fingerprint density at radius 3 is 2.92 bits per heavy atom. The first-order valence-electron chi connectivity index (χ1n) is 7.42. The SMILES string of the molecule is Cc1cc(NC(=O)[C@H](C)OC(=O)Cc2csc(-c3ccsc3)n2)on1. The zero-order chi connectivity index (χ0) is 17.8. The molecule has 0 radical (unpaired) electrons. The van der Waals surface area contributed by atoms with Gasteiger partial charge in [0, 0.05) is 22.4 Å². The van der Waals surface area contributed by atoms with Gasteiger partial charge in [0.25, 0.3) is 5.91 Å². The first-order valence-corrected chi connectivity index (χ1v) is 9.24. The minimum absolute atomic E-state index is 0.0136. The molecular weight excluding hydrogens is 362 g/mol. The standard InChI is InChI=1S/C16H15N3O4S2/c1-9-5-13(23-19-9)18-15(21)10(2)22-14(20)6-12-8-25-16(17-12)11-3-4-24-7-11/h3-5,7-8,10H,6H2,1-2H3,(H,18,21)/t10-/m0/s1. The van der Waals surface area contributed by atoms with Crippen LogP contribution in [0, 0.1) is 6.92 Å². The highest BCUT2D eigenvalue weighted by Gasteiger charge is 2.20. The number of nitrogens with zero attached hydrogens (tertiary/aromatic N) is 2. The Hall–Kier alpha value is -2.52.